The van der Waals surface area contributed by atoms with Crippen molar-refractivity contribution in [3.8, 4) is 17.2 Å². The lowest BCUT2D eigenvalue weighted by atomic mass is 10.0. The number of amidine groups is 1. The average molecular weight is 429 g/mol. The van der Waals surface area contributed by atoms with Gasteiger partial charge in [0.15, 0.2) is 5.78 Å². The molecule has 0 aliphatic heterocycles. The molecule has 2 aromatic rings. The summed E-state index contributed by atoms with van der Waals surface area (Å²) in [7, 11) is 0. The molecule has 0 heterocycles. The van der Waals surface area contributed by atoms with E-state index in [4.69, 9.17) is 21.2 Å². The number of rotatable bonds is 12. The van der Waals surface area contributed by atoms with E-state index in [0.717, 1.165) is 30.6 Å². The van der Waals surface area contributed by atoms with E-state index in [0.29, 0.717) is 48.8 Å². The van der Waals surface area contributed by atoms with E-state index in [1.807, 2.05) is 31.2 Å². The first kappa shape index (κ1) is 24.0. The molecule has 0 aliphatic rings. The molecule has 31 heavy (non-hydrogen) atoms. The molecule has 6 N–H and O–H groups in total. The van der Waals surface area contributed by atoms with E-state index < -0.39 is 0 Å². The number of hydrogen-bond acceptors (Lipinski definition) is 7. The van der Waals surface area contributed by atoms with Crippen molar-refractivity contribution < 1.29 is 19.4 Å². The van der Waals surface area contributed by atoms with Gasteiger partial charge in [0, 0.05) is 12.0 Å². The lowest BCUT2D eigenvalue weighted by Crippen LogP contribution is -2.32. The highest BCUT2D eigenvalue weighted by molar-refractivity contribution is 5.97. The third-order valence-corrected chi connectivity index (χ3v) is 4.80. The molecule has 8 heteroatoms. The maximum Gasteiger partial charge on any atom is 0.163 e. The first-order valence-corrected chi connectivity index (χ1v) is 10.4. The van der Waals surface area contributed by atoms with Crippen LogP contribution in [0.15, 0.2) is 41.5 Å². The number of hydrazine groups is 1. The van der Waals surface area contributed by atoms with Gasteiger partial charge in [0.05, 0.1) is 18.8 Å². The Morgan fingerprint density at radius 1 is 1.10 bits per heavy atom. The van der Waals surface area contributed by atoms with Crippen LogP contribution in [0.2, 0.25) is 0 Å². The Morgan fingerprint density at radius 2 is 1.77 bits per heavy atom. The number of unbranched alkanes of at least 4 members (excludes halogenated alkanes) is 1. The SMILES string of the molecule is CCCc1c(OCCCCOc2ccc(C/C(=N/N)NN)cc2)ccc(C(C)=O)c1O. The quantitative estimate of drug-likeness (QED) is 0.102. The van der Waals surface area contributed by atoms with Gasteiger partial charge in [-0.3, -0.25) is 4.79 Å². The van der Waals surface area contributed by atoms with Crippen molar-refractivity contribution in [1.82, 2.24) is 5.43 Å². The first-order chi connectivity index (χ1) is 15.0. The number of hydrazone groups is 1. The molecular weight excluding hydrogens is 396 g/mol. The topological polar surface area (TPSA) is 132 Å². The van der Waals surface area contributed by atoms with Crippen LogP contribution < -0.4 is 26.6 Å². The first-order valence-electron chi connectivity index (χ1n) is 10.4. The highest BCUT2D eigenvalue weighted by Crippen LogP contribution is 2.33. The van der Waals surface area contributed by atoms with Crippen molar-refractivity contribution in [3.05, 3.63) is 53.1 Å². The molecule has 168 valence electrons. The molecule has 0 saturated carbocycles. The molecule has 0 spiro atoms. The fraction of sp³-hybridized carbons (Fsp3) is 0.391. The van der Waals surface area contributed by atoms with Crippen LogP contribution in [-0.2, 0) is 12.8 Å². The number of phenols is 1. The van der Waals surface area contributed by atoms with Crippen LogP contribution in [0.4, 0.5) is 0 Å². The lowest BCUT2D eigenvalue weighted by molar-refractivity contribution is 0.101. The Balaban J connectivity index is 1.77. The maximum atomic E-state index is 11.6. The van der Waals surface area contributed by atoms with Crippen LogP contribution in [0.1, 0.15) is 54.6 Å². The molecule has 0 radical (unpaired) electrons. The van der Waals surface area contributed by atoms with E-state index in [2.05, 4.69) is 10.5 Å². The monoisotopic (exact) mass is 428 g/mol. The van der Waals surface area contributed by atoms with Crippen LogP contribution >= 0.6 is 0 Å². The van der Waals surface area contributed by atoms with E-state index in [1.54, 1.807) is 12.1 Å². The van der Waals surface area contributed by atoms with E-state index in [-0.39, 0.29) is 11.5 Å². The summed E-state index contributed by atoms with van der Waals surface area (Å²) in [5.41, 5.74) is 4.50. The van der Waals surface area contributed by atoms with Crippen molar-refractivity contribution in [2.24, 2.45) is 16.8 Å². The van der Waals surface area contributed by atoms with Gasteiger partial charge in [-0.2, -0.15) is 5.10 Å². The summed E-state index contributed by atoms with van der Waals surface area (Å²) in [4.78, 5) is 11.6. The summed E-state index contributed by atoms with van der Waals surface area (Å²) in [5.74, 6) is 12.4. The molecule has 0 bridgehead atoms. The van der Waals surface area contributed by atoms with Gasteiger partial charge in [0.2, 0.25) is 0 Å². The van der Waals surface area contributed by atoms with E-state index in [1.165, 1.54) is 6.92 Å². The van der Waals surface area contributed by atoms with Crippen molar-refractivity contribution >= 4 is 11.6 Å². The Morgan fingerprint density at radius 3 is 2.35 bits per heavy atom. The number of nitrogens with two attached hydrogens (primary N) is 2. The third kappa shape index (κ3) is 7.18. The number of benzene rings is 2. The minimum Gasteiger partial charge on any atom is -0.507 e. The summed E-state index contributed by atoms with van der Waals surface area (Å²) in [6.07, 6.45) is 3.65. The van der Waals surface area contributed by atoms with Gasteiger partial charge in [-0.15, -0.1) is 0 Å². The number of carbonyl (C=O) groups excluding carboxylic acids is 1. The zero-order valence-corrected chi connectivity index (χ0v) is 18.2. The number of carbonyl (C=O) groups is 1. The minimum absolute atomic E-state index is 0.0331. The summed E-state index contributed by atoms with van der Waals surface area (Å²) in [6, 6.07) is 11.0. The highest BCUT2D eigenvalue weighted by Gasteiger charge is 2.15. The smallest absolute Gasteiger partial charge is 0.163 e. The zero-order valence-electron chi connectivity index (χ0n) is 18.2. The van der Waals surface area contributed by atoms with Gasteiger partial charge >= 0.3 is 0 Å². The Hall–Kier alpha value is -3.26. The summed E-state index contributed by atoms with van der Waals surface area (Å²) < 4.78 is 11.6. The second kappa shape index (κ2) is 12.4. The summed E-state index contributed by atoms with van der Waals surface area (Å²) in [5, 5.41) is 14.0. The van der Waals surface area contributed by atoms with Gasteiger partial charge in [-0.05, 0) is 56.0 Å². The molecule has 0 aliphatic carbocycles. The number of nitrogens with zero attached hydrogens (tertiary/aromatic N) is 1. The van der Waals surface area contributed by atoms with Gasteiger partial charge in [0.25, 0.3) is 0 Å². The average Bonchev–Trinajstić information content (AvgIpc) is 2.77. The Labute approximate surface area is 183 Å². The Bertz CT molecular complexity index is 882. The standard InChI is InChI=1S/C23H32N4O4/c1-3-6-20-21(12-11-19(16(2)28)23(20)29)31-14-5-4-13-30-18-9-7-17(8-10-18)15-22(26-24)27-25/h7-12,29H,3-6,13-15,24-25H2,1-2H3,(H,26,27). The van der Waals surface area contributed by atoms with Gasteiger partial charge in [0.1, 0.15) is 23.1 Å². The molecule has 8 nitrogen and oxygen atoms in total. The third-order valence-electron chi connectivity index (χ3n) is 4.80. The number of ketones is 1. The van der Waals surface area contributed by atoms with E-state index in [9.17, 15) is 9.90 Å². The molecule has 0 atom stereocenters. The molecular formula is C23H32N4O4. The van der Waals surface area contributed by atoms with Crippen molar-refractivity contribution in [2.75, 3.05) is 13.2 Å². The second-order valence-corrected chi connectivity index (χ2v) is 7.19. The van der Waals surface area contributed by atoms with Crippen molar-refractivity contribution in [3.63, 3.8) is 0 Å². The number of nitrogens with one attached hydrogen (secondary N) is 1. The predicted molar refractivity (Wildman–Crippen MR) is 121 cm³/mol. The van der Waals surface area contributed by atoms with E-state index >= 15 is 0 Å². The van der Waals surface area contributed by atoms with Crippen LogP contribution in [0, 0.1) is 0 Å². The molecule has 0 amide bonds. The predicted octanol–water partition coefficient (Wildman–Crippen LogP) is 3.06. The number of aromatic hydroxyl groups is 1. The molecule has 2 rings (SSSR count). The summed E-state index contributed by atoms with van der Waals surface area (Å²) >= 11 is 0. The number of hydrogen-bond donors (Lipinski definition) is 4. The largest absolute Gasteiger partial charge is 0.507 e. The Kier molecular flexibility index (Phi) is 9.64. The highest BCUT2D eigenvalue weighted by atomic mass is 16.5. The molecule has 0 fully saturated rings. The van der Waals surface area contributed by atoms with Crippen LogP contribution in [0.25, 0.3) is 0 Å². The number of phenolic OH excluding ortho intramolecular Hbond substituents is 1. The minimum atomic E-state index is -0.157. The van der Waals surface area contributed by atoms with Crippen molar-refractivity contribution in [2.45, 2.75) is 46.0 Å². The normalized spacial score (nSPS) is 11.3. The molecule has 0 unspecified atom stereocenters. The summed E-state index contributed by atoms with van der Waals surface area (Å²) in [6.45, 7) is 4.54. The van der Waals surface area contributed by atoms with Gasteiger partial charge in [-0.25, -0.2) is 5.84 Å². The number of Topliss-reactive ketones (excluding diaryl/α,β-unsaturated/α-hetero) is 1. The molecule has 0 saturated heterocycles. The van der Waals surface area contributed by atoms with Crippen LogP contribution in [0.3, 0.4) is 0 Å². The second-order valence-electron chi connectivity index (χ2n) is 7.19. The van der Waals surface area contributed by atoms with Crippen LogP contribution in [0.5, 0.6) is 17.2 Å². The lowest BCUT2D eigenvalue weighted by Gasteiger charge is -2.14. The molecule has 0 aromatic heterocycles. The fourth-order valence-corrected chi connectivity index (χ4v) is 3.14. The fourth-order valence-electron chi connectivity index (χ4n) is 3.14. The van der Waals surface area contributed by atoms with Crippen molar-refractivity contribution in [1.29, 1.82) is 0 Å². The van der Waals surface area contributed by atoms with Gasteiger partial charge < -0.3 is 25.8 Å². The van der Waals surface area contributed by atoms with Crippen LogP contribution in [-0.4, -0.2) is 29.9 Å². The maximum absolute atomic E-state index is 11.6. The molecule has 2 aromatic carbocycles. The number of ether oxygens (including phenoxy) is 2. The zero-order chi connectivity index (χ0) is 22.6. The van der Waals surface area contributed by atoms with Gasteiger partial charge in [-0.1, -0.05) is 25.5 Å².